The van der Waals surface area contributed by atoms with Crippen LogP contribution in [0.4, 0.5) is 0 Å². The van der Waals surface area contributed by atoms with E-state index in [-0.39, 0.29) is 5.75 Å². The van der Waals surface area contributed by atoms with Gasteiger partial charge in [0.15, 0.2) is 0 Å². The molecule has 0 radical (unpaired) electrons. The topological polar surface area (TPSA) is 43.0 Å². The number of allylic oxidation sites excluding steroid dienone is 1. The van der Waals surface area contributed by atoms with E-state index in [1.165, 1.54) is 0 Å². The van der Waals surface area contributed by atoms with Gasteiger partial charge in [0.25, 0.3) is 0 Å². The summed E-state index contributed by atoms with van der Waals surface area (Å²) in [7, 11) is 1.77. The van der Waals surface area contributed by atoms with Gasteiger partial charge in [0, 0.05) is 10.7 Å². The molecule has 0 amide bonds. The van der Waals surface area contributed by atoms with Crippen molar-refractivity contribution in [3.05, 3.63) is 31.4 Å². The van der Waals surface area contributed by atoms with E-state index in [1.54, 1.807) is 0 Å². The molecule has 4 nitrogen and oxygen atoms in total. The van der Waals surface area contributed by atoms with E-state index in [1.807, 2.05) is 33.9 Å². The molecule has 1 rings (SSSR count). The van der Waals surface area contributed by atoms with Crippen LogP contribution >= 0.6 is 10.7 Å². The van der Waals surface area contributed by atoms with Crippen LogP contribution in [0, 0.1) is 0 Å². The van der Waals surface area contributed by atoms with Gasteiger partial charge in [-0.05, 0) is 12.8 Å². The summed E-state index contributed by atoms with van der Waals surface area (Å²) in [5.74, 6) is 0.0441. The smallest absolute Gasteiger partial charge is 0.237 e. The Morgan fingerprint density at radius 3 is 2.81 bits per heavy atom. The van der Waals surface area contributed by atoms with Crippen LogP contribution < -0.4 is 4.57 Å². The van der Waals surface area contributed by atoms with Gasteiger partial charge in [-0.2, -0.15) is 0 Å². The van der Waals surface area contributed by atoms with E-state index in [0.717, 1.165) is 19.5 Å². The molecule has 0 aliphatic carbocycles. The van der Waals surface area contributed by atoms with Gasteiger partial charge in [-0.3, -0.25) is 0 Å². The zero-order valence-electron chi connectivity index (χ0n) is 9.05. The van der Waals surface area contributed by atoms with Crippen molar-refractivity contribution in [2.75, 3.05) is 5.75 Å². The lowest BCUT2D eigenvalue weighted by atomic mass is 10.3. The molecule has 90 valence electrons. The number of rotatable bonds is 7. The van der Waals surface area contributed by atoms with Crippen molar-refractivity contribution in [3.63, 3.8) is 0 Å². The Bertz CT molecular complexity index is 439. The quantitative estimate of drug-likeness (QED) is 0.322. The maximum absolute atomic E-state index is 10.7. The van der Waals surface area contributed by atoms with E-state index < -0.39 is 9.05 Å². The minimum Gasteiger partial charge on any atom is -0.237 e. The summed E-state index contributed by atoms with van der Waals surface area (Å²) in [6.45, 7) is 5.24. The third-order valence-electron chi connectivity index (χ3n) is 2.14. The van der Waals surface area contributed by atoms with Gasteiger partial charge in [0.05, 0.1) is 12.3 Å². The highest BCUT2D eigenvalue weighted by Crippen LogP contribution is 2.01. The van der Waals surface area contributed by atoms with E-state index in [2.05, 4.69) is 6.58 Å². The van der Waals surface area contributed by atoms with Crippen LogP contribution in [0.25, 0.3) is 0 Å². The molecule has 16 heavy (non-hydrogen) atoms. The molecule has 1 aromatic heterocycles. The standard InChI is InChI=1S/C10H16ClN2O2S/c1-2-5-12-7-8-13(10-12)6-3-4-9-16(11,14)15/h2,7-8,10H,1,3-6,9H2/q+1. The maximum Gasteiger partial charge on any atom is 0.244 e. The minimum atomic E-state index is -3.34. The summed E-state index contributed by atoms with van der Waals surface area (Å²) in [5.41, 5.74) is 0. The van der Waals surface area contributed by atoms with Crippen molar-refractivity contribution in [2.24, 2.45) is 0 Å². The molecule has 0 aliphatic heterocycles. The predicted octanol–water partition coefficient (Wildman–Crippen LogP) is 1.31. The molecule has 0 N–H and O–H groups in total. The first-order valence-corrected chi connectivity index (χ1v) is 7.57. The molecule has 0 fully saturated rings. The van der Waals surface area contributed by atoms with Crippen molar-refractivity contribution >= 4 is 19.7 Å². The number of hydrogen-bond acceptors (Lipinski definition) is 2. The van der Waals surface area contributed by atoms with Crippen molar-refractivity contribution in [1.82, 2.24) is 4.57 Å². The van der Waals surface area contributed by atoms with Crippen molar-refractivity contribution in [1.29, 1.82) is 0 Å². The van der Waals surface area contributed by atoms with Crippen molar-refractivity contribution < 1.29 is 13.0 Å². The lowest BCUT2D eigenvalue weighted by Gasteiger charge is -1.96. The predicted molar refractivity (Wildman–Crippen MR) is 63.7 cm³/mol. The molecule has 1 aromatic rings. The van der Waals surface area contributed by atoms with E-state index in [4.69, 9.17) is 10.7 Å². The van der Waals surface area contributed by atoms with E-state index in [0.29, 0.717) is 6.42 Å². The Kier molecular flexibility index (Phi) is 5.02. The third kappa shape index (κ3) is 5.32. The largest absolute Gasteiger partial charge is 0.244 e. The monoisotopic (exact) mass is 263 g/mol. The first-order valence-electron chi connectivity index (χ1n) is 5.09. The van der Waals surface area contributed by atoms with Gasteiger partial charge in [-0.15, -0.1) is 0 Å². The SMILES string of the molecule is C=CCn1cc[n+](CCCCS(=O)(=O)Cl)c1. The first kappa shape index (κ1) is 13.3. The summed E-state index contributed by atoms with van der Waals surface area (Å²) in [5, 5.41) is 0. The van der Waals surface area contributed by atoms with Crippen LogP contribution in [0.5, 0.6) is 0 Å². The van der Waals surface area contributed by atoms with Gasteiger partial charge in [0.1, 0.15) is 18.9 Å². The number of hydrogen-bond donors (Lipinski definition) is 0. The lowest BCUT2D eigenvalue weighted by molar-refractivity contribution is -0.696. The molecule has 0 aliphatic rings. The number of imidazole rings is 1. The second-order valence-electron chi connectivity index (χ2n) is 3.59. The molecule has 0 aromatic carbocycles. The zero-order valence-corrected chi connectivity index (χ0v) is 10.6. The summed E-state index contributed by atoms with van der Waals surface area (Å²) in [4.78, 5) is 0. The minimum absolute atomic E-state index is 0.0441. The Balaban J connectivity index is 2.29. The molecule has 0 saturated heterocycles. The van der Waals surface area contributed by atoms with Crippen molar-refractivity contribution in [2.45, 2.75) is 25.9 Å². The van der Waals surface area contributed by atoms with Crippen LogP contribution in [-0.4, -0.2) is 18.7 Å². The number of nitrogens with zero attached hydrogens (tertiary/aromatic N) is 2. The number of unbranched alkanes of at least 4 members (excludes halogenated alkanes) is 1. The molecule has 0 spiro atoms. The fraction of sp³-hybridized carbons (Fsp3) is 0.500. The molecule has 0 unspecified atom stereocenters. The zero-order chi connectivity index (χ0) is 12.0. The summed E-state index contributed by atoms with van der Waals surface area (Å²) < 4.78 is 25.4. The fourth-order valence-electron chi connectivity index (χ4n) is 1.40. The summed E-state index contributed by atoms with van der Waals surface area (Å²) in [6.07, 6.45) is 9.10. The first-order chi connectivity index (χ1) is 7.51. The number of aryl methyl sites for hydroxylation is 1. The Labute approximate surface area is 101 Å². The number of aromatic nitrogens is 2. The Morgan fingerprint density at radius 1 is 1.44 bits per heavy atom. The second-order valence-corrected chi connectivity index (χ2v) is 6.48. The van der Waals surface area contributed by atoms with Crippen LogP contribution in [0.3, 0.4) is 0 Å². The van der Waals surface area contributed by atoms with E-state index in [9.17, 15) is 8.42 Å². The van der Waals surface area contributed by atoms with Gasteiger partial charge in [-0.25, -0.2) is 17.6 Å². The number of halogens is 1. The highest BCUT2D eigenvalue weighted by molar-refractivity contribution is 8.13. The molecule has 0 bridgehead atoms. The molecule has 6 heteroatoms. The molecule has 1 heterocycles. The average Bonchev–Trinajstić information content (AvgIpc) is 2.60. The van der Waals surface area contributed by atoms with Gasteiger partial charge in [-0.1, -0.05) is 12.7 Å². The average molecular weight is 264 g/mol. The Morgan fingerprint density at radius 2 is 2.19 bits per heavy atom. The molecular weight excluding hydrogens is 248 g/mol. The third-order valence-corrected chi connectivity index (χ3v) is 3.38. The lowest BCUT2D eigenvalue weighted by Crippen LogP contribution is -2.31. The van der Waals surface area contributed by atoms with Gasteiger partial charge in [0.2, 0.25) is 15.4 Å². The van der Waals surface area contributed by atoms with Crippen LogP contribution in [0.2, 0.25) is 0 Å². The molecule has 0 saturated carbocycles. The molecule has 0 atom stereocenters. The second kappa shape index (κ2) is 6.06. The summed E-state index contributed by atoms with van der Waals surface area (Å²) in [6, 6.07) is 0. The maximum atomic E-state index is 10.7. The van der Waals surface area contributed by atoms with E-state index >= 15 is 0 Å². The van der Waals surface area contributed by atoms with Crippen LogP contribution in [0.1, 0.15) is 12.8 Å². The Hall–Kier alpha value is -0.810. The normalized spacial score (nSPS) is 11.6. The van der Waals surface area contributed by atoms with Crippen LogP contribution in [-0.2, 0) is 22.1 Å². The fourth-order valence-corrected chi connectivity index (χ4v) is 2.27. The van der Waals surface area contributed by atoms with Crippen molar-refractivity contribution in [3.8, 4) is 0 Å². The van der Waals surface area contributed by atoms with Gasteiger partial charge < -0.3 is 0 Å². The summed E-state index contributed by atoms with van der Waals surface area (Å²) >= 11 is 0. The highest BCUT2D eigenvalue weighted by atomic mass is 35.7. The van der Waals surface area contributed by atoms with Gasteiger partial charge >= 0.3 is 0 Å². The highest BCUT2D eigenvalue weighted by Gasteiger charge is 2.06. The molecular formula is C10H16ClN2O2S+. The van der Waals surface area contributed by atoms with Crippen LogP contribution in [0.15, 0.2) is 31.4 Å².